The summed E-state index contributed by atoms with van der Waals surface area (Å²) in [5.41, 5.74) is 0. The predicted octanol–water partition coefficient (Wildman–Crippen LogP) is 2.41. The summed E-state index contributed by atoms with van der Waals surface area (Å²) in [6, 6.07) is 4.05. The Labute approximate surface area is 140 Å². The largest absolute Gasteiger partial charge is 0.376 e. The lowest BCUT2D eigenvalue weighted by atomic mass is 10.2. The molecule has 1 aromatic rings. The van der Waals surface area contributed by atoms with E-state index in [4.69, 9.17) is 16.3 Å². The van der Waals surface area contributed by atoms with Crippen LogP contribution in [-0.2, 0) is 11.3 Å². The molecule has 2 aliphatic heterocycles. The van der Waals surface area contributed by atoms with Crippen molar-refractivity contribution in [2.24, 2.45) is 0 Å². The minimum atomic E-state index is 0.0364. The Bertz CT molecular complexity index is 497. The molecule has 0 aliphatic carbocycles. The molecule has 22 heavy (non-hydrogen) atoms. The predicted molar refractivity (Wildman–Crippen MR) is 88.6 cm³/mol. The molecule has 0 aromatic carbocycles. The Morgan fingerprint density at radius 1 is 1.36 bits per heavy atom. The molecule has 2 aliphatic rings. The molecule has 0 radical (unpaired) electrons. The lowest BCUT2D eigenvalue weighted by molar-refractivity contribution is 0.104. The van der Waals surface area contributed by atoms with Gasteiger partial charge < -0.3 is 15.0 Å². The monoisotopic (exact) mass is 343 g/mol. The fourth-order valence-electron chi connectivity index (χ4n) is 2.88. The van der Waals surface area contributed by atoms with Crippen LogP contribution in [0.1, 0.15) is 17.7 Å². The van der Waals surface area contributed by atoms with E-state index in [0.717, 1.165) is 56.5 Å². The van der Waals surface area contributed by atoms with E-state index in [1.807, 2.05) is 11.0 Å². The number of hydrogen-bond acceptors (Lipinski definition) is 4. The van der Waals surface area contributed by atoms with Crippen molar-refractivity contribution in [3.05, 3.63) is 21.3 Å². The summed E-state index contributed by atoms with van der Waals surface area (Å²) in [5, 5.41) is 2.99. The van der Waals surface area contributed by atoms with Crippen LogP contribution in [-0.4, -0.2) is 61.3 Å². The highest BCUT2D eigenvalue weighted by molar-refractivity contribution is 7.16. The van der Waals surface area contributed by atoms with Crippen LogP contribution < -0.4 is 5.32 Å². The van der Waals surface area contributed by atoms with Crippen LogP contribution in [0.2, 0.25) is 4.34 Å². The maximum atomic E-state index is 12.1. The SMILES string of the molecule is O=C(NC[C@H]1CCCO1)N1CCN(Cc2ccc(Cl)s2)CC1. The van der Waals surface area contributed by atoms with Gasteiger partial charge in [0.15, 0.2) is 0 Å². The van der Waals surface area contributed by atoms with E-state index in [-0.39, 0.29) is 12.1 Å². The molecule has 122 valence electrons. The van der Waals surface area contributed by atoms with Crippen LogP contribution in [0.15, 0.2) is 12.1 Å². The average molecular weight is 344 g/mol. The van der Waals surface area contributed by atoms with Gasteiger partial charge in [0, 0.05) is 50.8 Å². The third-order valence-corrected chi connectivity index (χ3v) is 5.39. The number of nitrogens with zero attached hydrogens (tertiary/aromatic N) is 2. The molecule has 7 heteroatoms. The van der Waals surface area contributed by atoms with E-state index in [1.165, 1.54) is 4.88 Å². The molecular weight excluding hydrogens is 322 g/mol. The van der Waals surface area contributed by atoms with Gasteiger partial charge in [0.05, 0.1) is 10.4 Å². The van der Waals surface area contributed by atoms with Gasteiger partial charge in [-0.15, -0.1) is 11.3 Å². The second-order valence-electron chi connectivity index (χ2n) is 5.79. The molecule has 3 heterocycles. The van der Waals surface area contributed by atoms with Crippen molar-refractivity contribution in [3.8, 4) is 0 Å². The Balaban J connectivity index is 1.38. The Kier molecular flexibility index (Phi) is 5.57. The van der Waals surface area contributed by atoms with Crippen molar-refractivity contribution >= 4 is 29.0 Å². The first-order chi connectivity index (χ1) is 10.7. The second kappa shape index (κ2) is 7.64. The molecular formula is C15H22ClN3O2S. The zero-order valence-corrected chi connectivity index (χ0v) is 14.2. The molecule has 3 rings (SSSR count). The van der Waals surface area contributed by atoms with Crippen molar-refractivity contribution in [1.29, 1.82) is 0 Å². The minimum Gasteiger partial charge on any atom is -0.376 e. The molecule has 1 aromatic heterocycles. The molecule has 2 saturated heterocycles. The number of halogens is 1. The third kappa shape index (κ3) is 4.35. The molecule has 2 amide bonds. The molecule has 0 bridgehead atoms. The number of thiophene rings is 1. The van der Waals surface area contributed by atoms with E-state index >= 15 is 0 Å². The maximum absolute atomic E-state index is 12.1. The number of ether oxygens (including phenoxy) is 1. The van der Waals surface area contributed by atoms with Crippen LogP contribution in [0.5, 0.6) is 0 Å². The van der Waals surface area contributed by atoms with Crippen LogP contribution in [0.25, 0.3) is 0 Å². The molecule has 0 spiro atoms. The maximum Gasteiger partial charge on any atom is 0.317 e. The van der Waals surface area contributed by atoms with Gasteiger partial charge in [0.2, 0.25) is 0 Å². The fourth-order valence-corrected chi connectivity index (χ4v) is 4.01. The first-order valence-corrected chi connectivity index (χ1v) is 9.01. The van der Waals surface area contributed by atoms with E-state index in [2.05, 4.69) is 16.3 Å². The van der Waals surface area contributed by atoms with Crippen molar-refractivity contribution < 1.29 is 9.53 Å². The Hall–Kier alpha value is -0.820. The van der Waals surface area contributed by atoms with Gasteiger partial charge in [-0.05, 0) is 25.0 Å². The summed E-state index contributed by atoms with van der Waals surface area (Å²) in [6.07, 6.45) is 2.36. The van der Waals surface area contributed by atoms with Gasteiger partial charge in [-0.3, -0.25) is 4.90 Å². The number of urea groups is 1. The van der Waals surface area contributed by atoms with Crippen LogP contribution in [0.4, 0.5) is 4.79 Å². The molecule has 0 unspecified atom stereocenters. The summed E-state index contributed by atoms with van der Waals surface area (Å²) in [4.78, 5) is 17.7. The zero-order chi connectivity index (χ0) is 15.4. The molecule has 1 N–H and O–H groups in total. The van der Waals surface area contributed by atoms with Crippen molar-refractivity contribution in [3.63, 3.8) is 0 Å². The highest BCUT2D eigenvalue weighted by atomic mass is 35.5. The van der Waals surface area contributed by atoms with Crippen molar-refractivity contribution in [2.75, 3.05) is 39.3 Å². The van der Waals surface area contributed by atoms with Crippen molar-refractivity contribution in [2.45, 2.75) is 25.5 Å². The number of amides is 2. The van der Waals surface area contributed by atoms with E-state index in [1.54, 1.807) is 11.3 Å². The van der Waals surface area contributed by atoms with Crippen molar-refractivity contribution in [1.82, 2.24) is 15.1 Å². The number of hydrogen-bond donors (Lipinski definition) is 1. The lowest BCUT2D eigenvalue weighted by Crippen LogP contribution is -2.52. The number of rotatable bonds is 4. The van der Waals surface area contributed by atoms with E-state index in [9.17, 15) is 4.79 Å². The minimum absolute atomic E-state index is 0.0364. The van der Waals surface area contributed by atoms with Crippen LogP contribution in [0, 0.1) is 0 Å². The Morgan fingerprint density at radius 3 is 2.82 bits per heavy atom. The second-order valence-corrected chi connectivity index (χ2v) is 7.59. The summed E-state index contributed by atoms with van der Waals surface area (Å²) in [6.45, 7) is 5.74. The zero-order valence-electron chi connectivity index (χ0n) is 12.6. The van der Waals surface area contributed by atoms with E-state index in [0.29, 0.717) is 6.54 Å². The normalized spacial score (nSPS) is 23.0. The van der Waals surface area contributed by atoms with Gasteiger partial charge >= 0.3 is 6.03 Å². The highest BCUT2D eigenvalue weighted by Gasteiger charge is 2.23. The first kappa shape index (κ1) is 16.1. The highest BCUT2D eigenvalue weighted by Crippen LogP contribution is 2.23. The molecule has 1 atom stereocenters. The van der Waals surface area contributed by atoms with Gasteiger partial charge in [-0.25, -0.2) is 4.79 Å². The topological polar surface area (TPSA) is 44.8 Å². The lowest BCUT2D eigenvalue weighted by Gasteiger charge is -2.34. The van der Waals surface area contributed by atoms with Gasteiger partial charge in [-0.1, -0.05) is 11.6 Å². The van der Waals surface area contributed by atoms with Crippen LogP contribution >= 0.6 is 22.9 Å². The summed E-state index contributed by atoms with van der Waals surface area (Å²) < 4.78 is 6.36. The van der Waals surface area contributed by atoms with E-state index < -0.39 is 0 Å². The number of carbonyl (C=O) groups excluding carboxylic acids is 1. The average Bonchev–Trinajstić information content (AvgIpc) is 3.17. The molecule has 5 nitrogen and oxygen atoms in total. The summed E-state index contributed by atoms with van der Waals surface area (Å²) in [7, 11) is 0. The number of carbonyl (C=O) groups is 1. The first-order valence-electron chi connectivity index (χ1n) is 7.81. The molecule has 2 fully saturated rings. The van der Waals surface area contributed by atoms with Crippen LogP contribution in [0.3, 0.4) is 0 Å². The van der Waals surface area contributed by atoms with Gasteiger partial charge in [0.25, 0.3) is 0 Å². The summed E-state index contributed by atoms with van der Waals surface area (Å²) >= 11 is 7.59. The number of nitrogens with one attached hydrogen (secondary N) is 1. The molecule has 0 saturated carbocycles. The summed E-state index contributed by atoms with van der Waals surface area (Å²) in [5.74, 6) is 0. The smallest absolute Gasteiger partial charge is 0.317 e. The fraction of sp³-hybridized carbons (Fsp3) is 0.667. The quantitative estimate of drug-likeness (QED) is 0.913. The third-order valence-electron chi connectivity index (χ3n) is 4.17. The standard InChI is InChI=1S/C15H22ClN3O2S/c16-14-4-3-13(22-14)11-18-5-7-19(8-6-18)15(20)17-10-12-2-1-9-21-12/h3-4,12H,1-2,5-11H2,(H,17,20)/t12-/m1/s1. The van der Waals surface area contributed by atoms with Gasteiger partial charge in [0.1, 0.15) is 0 Å². The Morgan fingerprint density at radius 2 is 2.18 bits per heavy atom. The number of piperazine rings is 1. The van der Waals surface area contributed by atoms with Gasteiger partial charge in [-0.2, -0.15) is 0 Å².